The van der Waals surface area contributed by atoms with E-state index in [1.165, 1.54) is 29.5 Å². The van der Waals surface area contributed by atoms with Gasteiger partial charge in [-0.05, 0) is 29.5 Å². The monoisotopic (exact) mass is 309 g/mol. The van der Waals surface area contributed by atoms with Crippen LogP contribution < -0.4 is 0 Å². The molecule has 0 unspecified atom stereocenters. The van der Waals surface area contributed by atoms with Gasteiger partial charge >= 0.3 is 0 Å². The van der Waals surface area contributed by atoms with Crippen molar-refractivity contribution in [1.29, 1.82) is 0 Å². The van der Waals surface area contributed by atoms with Crippen molar-refractivity contribution in [2.75, 3.05) is 13.2 Å². The van der Waals surface area contributed by atoms with E-state index in [-0.39, 0.29) is 12.6 Å². The minimum atomic E-state index is 0.0893. The van der Waals surface area contributed by atoms with Crippen molar-refractivity contribution < 1.29 is 5.11 Å². The van der Waals surface area contributed by atoms with E-state index < -0.39 is 0 Å². The lowest BCUT2D eigenvalue weighted by molar-refractivity contribution is 0.0694. The molecule has 1 aliphatic heterocycles. The van der Waals surface area contributed by atoms with Crippen molar-refractivity contribution >= 4 is 0 Å². The van der Waals surface area contributed by atoms with Gasteiger partial charge in [0.2, 0.25) is 0 Å². The van der Waals surface area contributed by atoms with E-state index in [1.807, 2.05) is 6.07 Å². The zero-order chi connectivity index (χ0) is 16.1. The first-order valence-corrected chi connectivity index (χ1v) is 8.84. The van der Waals surface area contributed by atoms with Crippen LogP contribution in [0.2, 0.25) is 0 Å². The van der Waals surface area contributed by atoms with Crippen LogP contribution in [0.3, 0.4) is 0 Å². The number of rotatable bonds is 6. The SMILES string of the molecule is CCCC[C@H]1c2ccccc2CCN1[C@@H](CO)c1ccccc1. The normalized spacial score (nSPS) is 19.3. The Morgan fingerprint density at radius 3 is 2.57 bits per heavy atom. The quantitative estimate of drug-likeness (QED) is 0.848. The second-order valence-corrected chi connectivity index (χ2v) is 6.45. The Morgan fingerprint density at radius 2 is 1.83 bits per heavy atom. The molecule has 0 spiro atoms. The van der Waals surface area contributed by atoms with Gasteiger partial charge in [0.25, 0.3) is 0 Å². The highest BCUT2D eigenvalue weighted by Gasteiger charge is 2.32. The van der Waals surface area contributed by atoms with Crippen molar-refractivity contribution in [1.82, 2.24) is 4.90 Å². The molecular weight excluding hydrogens is 282 g/mol. The Labute approximate surface area is 139 Å². The fraction of sp³-hybridized carbons (Fsp3) is 0.429. The standard InChI is InChI=1S/C21H27NO/c1-2-3-13-20-19-12-8-7-9-17(19)14-15-22(20)21(16-23)18-10-5-4-6-11-18/h4-12,20-21,23H,2-3,13-16H2,1H3/t20-,21-/m0/s1. The molecule has 1 aliphatic rings. The Kier molecular flexibility index (Phi) is 5.47. The van der Waals surface area contributed by atoms with E-state index in [1.54, 1.807) is 0 Å². The van der Waals surface area contributed by atoms with Crippen molar-refractivity contribution in [2.45, 2.75) is 44.7 Å². The molecule has 0 aromatic heterocycles. The van der Waals surface area contributed by atoms with Gasteiger partial charge in [0.15, 0.2) is 0 Å². The Balaban J connectivity index is 1.93. The fourth-order valence-corrected chi connectivity index (χ4v) is 3.84. The smallest absolute Gasteiger partial charge is 0.0628 e. The van der Waals surface area contributed by atoms with E-state index in [0.717, 1.165) is 19.4 Å². The summed E-state index contributed by atoms with van der Waals surface area (Å²) < 4.78 is 0. The van der Waals surface area contributed by atoms with Gasteiger partial charge in [0.1, 0.15) is 0 Å². The third-order valence-corrected chi connectivity index (χ3v) is 5.04. The van der Waals surface area contributed by atoms with Crippen LogP contribution in [0.1, 0.15) is 55.0 Å². The summed E-state index contributed by atoms with van der Waals surface area (Å²) in [4.78, 5) is 2.52. The fourth-order valence-electron chi connectivity index (χ4n) is 3.84. The maximum Gasteiger partial charge on any atom is 0.0628 e. The highest BCUT2D eigenvalue weighted by atomic mass is 16.3. The molecule has 0 fully saturated rings. The number of aliphatic hydroxyl groups is 1. The maximum absolute atomic E-state index is 10.1. The zero-order valence-electron chi connectivity index (χ0n) is 14.0. The number of benzene rings is 2. The first kappa shape index (κ1) is 16.2. The molecule has 0 radical (unpaired) electrons. The van der Waals surface area contributed by atoms with E-state index in [4.69, 9.17) is 0 Å². The summed E-state index contributed by atoms with van der Waals surface area (Å²) >= 11 is 0. The summed E-state index contributed by atoms with van der Waals surface area (Å²) in [5, 5.41) is 10.1. The Hall–Kier alpha value is -1.64. The molecule has 122 valence electrons. The van der Waals surface area contributed by atoms with Gasteiger partial charge in [0, 0.05) is 12.6 Å². The van der Waals surface area contributed by atoms with Crippen LogP contribution in [0, 0.1) is 0 Å². The molecule has 2 atom stereocenters. The van der Waals surface area contributed by atoms with Crippen molar-refractivity contribution in [3.8, 4) is 0 Å². The van der Waals surface area contributed by atoms with Crippen LogP contribution in [0.25, 0.3) is 0 Å². The summed E-state index contributed by atoms with van der Waals surface area (Å²) in [6.45, 7) is 3.44. The topological polar surface area (TPSA) is 23.5 Å². The van der Waals surface area contributed by atoms with Crippen molar-refractivity contribution in [3.05, 3.63) is 71.3 Å². The van der Waals surface area contributed by atoms with E-state index in [9.17, 15) is 5.11 Å². The summed E-state index contributed by atoms with van der Waals surface area (Å²) in [7, 11) is 0. The number of fused-ring (bicyclic) bond motifs is 1. The molecule has 2 aromatic carbocycles. The molecule has 1 N–H and O–H groups in total. The molecule has 0 saturated carbocycles. The van der Waals surface area contributed by atoms with Crippen LogP contribution in [0.4, 0.5) is 0 Å². The first-order chi connectivity index (χ1) is 11.3. The first-order valence-electron chi connectivity index (χ1n) is 8.84. The predicted molar refractivity (Wildman–Crippen MR) is 95.4 cm³/mol. The van der Waals surface area contributed by atoms with Gasteiger partial charge < -0.3 is 5.11 Å². The van der Waals surface area contributed by atoms with Gasteiger partial charge in [-0.1, -0.05) is 74.4 Å². The minimum Gasteiger partial charge on any atom is -0.394 e. The van der Waals surface area contributed by atoms with Crippen molar-refractivity contribution in [3.63, 3.8) is 0 Å². The lowest BCUT2D eigenvalue weighted by Crippen LogP contribution is -2.39. The molecule has 3 rings (SSSR count). The third kappa shape index (κ3) is 3.49. The second kappa shape index (κ2) is 7.76. The van der Waals surface area contributed by atoms with Crippen LogP contribution in [-0.2, 0) is 6.42 Å². The minimum absolute atomic E-state index is 0.0893. The number of unbranched alkanes of at least 4 members (excludes halogenated alkanes) is 1. The van der Waals surface area contributed by atoms with Crippen molar-refractivity contribution in [2.24, 2.45) is 0 Å². The molecule has 2 heteroatoms. The molecule has 0 aliphatic carbocycles. The summed E-state index contributed by atoms with van der Waals surface area (Å²) in [6, 6.07) is 19.8. The number of nitrogens with zero attached hydrogens (tertiary/aromatic N) is 1. The molecular formula is C21H27NO. The highest BCUT2D eigenvalue weighted by molar-refractivity contribution is 5.33. The highest BCUT2D eigenvalue weighted by Crippen LogP contribution is 2.38. The lowest BCUT2D eigenvalue weighted by Gasteiger charge is -2.42. The second-order valence-electron chi connectivity index (χ2n) is 6.45. The largest absolute Gasteiger partial charge is 0.394 e. The van der Waals surface area contributed by atoms with Gasteiger partial charge in [0.05, 0.1) is 12.6 Å². The van der Waals surface area contributed by atoms with Crippen LogP contribution in [0.5, 0.6) is 0 Å². The summed E-state index contributed by atoms with van der Waals surface area (Å²) in [5.74, 6) is 0. The van der Waals surface area contributed by atoms with E-state index in [0.29, 0.717) is 6.04 Å². The molecule has 1 heterocycles. The molecule has 0 amide bonds. The number of aliphatic hydroxyl groups excluding tert-OH is 1. The molecule has 0 bridgehead atoms. The lowest BCUT2D eigenvalue weighted by atomic mass is 9.87. The Morgan fingerprint density at radius 1 is 1.09 bits per heavy atom. The van der Waals surface area contributed by atoms with E-state index >= 15 is 0 Å². The van der Waals surface area contributed by atoms with Gasteiger partial charge in [-0.15, -0.1) is 0 Å². The van der Waals surface area contributed by atoms with E-state index in [2.05, 4.69) is 60.4 Å². The van der Waals surface area contributed by atoms with Crippen LogP contribution >= 0.6 is 0 Å². The summed E-state index contributed by atoms with van der Waals surface area (Å²) in [6.07, 6.45) is 4.67. The van der Waals surface area contributed by atoms with Gasteiger partial charge in [-0.3, -0.25) is 4.90 Å². The average molecular weight is 309 g/mol. The zero-order valence-corrected chi connectivity index (χ0v) is 14.0. The molecule has 2 aromatic rings. The molecule has 0 saturated heterocycles. The third-order valence-electron chi connectivity index (χ3n) is 5.04. The molecule has 2 nitrogen and oxygen atoms in total. The Bertz CT molecular complexity index is 610. The molecule has 23 heavy (non-hydrogen) atoms. The average Bonchev–Trinajstić information content (AvgIpc) is 2.62. The predicted octanol–water partition coefficient (Wildman–Crippen LogP) is 4.51. The number of hydrogen-bond acceptors (Lipinski definition) is 2. The van der Waals surface area contributed by atoms with Crippen LogP contribution in [0.15, 0.2) is 54.6 Å². The number of hydrogen-bond donors (Lipinski definition) is 1. The van der Waals surface area contributed by atoms with Crippen LogP contribution in [-0.4, -0.2) is 23.2 Å². The van der Waals surface area contributed by atoms with Gasteiger partial charge in [-0.25, -0.2) is 0 Å². The summed E-state index contributed by atoms with van der Waals surface area (Å²) in [5.41, 5.74) is 4.16. The van der Waals surface area contributed by atoms with Gasteiger partial charge in [-0.2, -0.15) is 0 Å². The maximum atomic E-state index is 10.1.